The van der Waals surface area contributed by atoms with Crippen molar-refractivity contribution in [2.24, 2.45) is 5.92 Å². The molecule has 4 rings (SSSR count). The van der Waals surface area contributed by atoms with Gasteiger partial charge < -0.3 is 10.6 Å². The standard InChI is InChI=1S/C30H41F2N3OS/c1-2-19-37-35-18-17-33-21-25(35)15-16-26-28(32)9-6-10-29(26)34-30(36)20-27(22-7-4-3-5-8-22)23-11-13-24(31)14-12-23/h6,9-14,22,25,27,33H,2-5,7-8,15-21H2,1H3,(H,34,36). The Morgan fingerprint density at radius 3 is 2.68 bits per heavy atom. The Bertz CT molecular complexity index is 997. The topological polar surface area (TPSA) is 44.4 Å². The molecule has 2 atom stereocenters. The van der Waals surface area contributed by atoms with Gasteiger partial charge in [0.05, 0.1) is 0 Å². The number of hydrogen-bond donors (Lipinski definition) is 2. The van der Waals surface area contributed by atoms with Crippen LogP contribution in [0.4, 0.5) is 14.5 Å². The number of nitrogens with one attached hydrogen (secondary N) is 2. The van der Waals surface area contributed by atoms with E-state index in [-0.39, 0.29) is 23.5 Å². The summed E-state index contributed by atoms with van der Waals surface area (Å²) in [5.74, 6) is 0.897. The average Bonchev–Trinajstić information content (AvgIpc) is 2.92. The lowest BCUT2D eigenvalue weighted by molar-refractivity contribution is -0.116. The molecule has 1 aliphatic heterocycles. The van der Waals surface area contributed by atoms with Crippen LogP contribution in [0.15, 0.2) is 42.5 Å². The first-order valence-electron chi connectivity index (χ1n) is 14.0. The third-order valence-corrected chi connectivity index (χ3v) is 9.20. The van der Waals surface area contributed by atoms with E-state index in [9.17, 15) is 13.6 Å². The molecule has 202 valence electrons. The lowest BCUT2D eigenvalue weighted by atomic mass is 9.75. The highest BCUT2D eigenvalue weighted by atomic mass is 32.2. The quantitative estimate of drug-likeness (QED) is 0.310. The van der Waals surface area contributed by atoms with Gasteiger partial charge in [-0.25, -0.2) is 13.1 Å². The van der Waals surface area contributed by atoms with Gasteiger partial charge in [-0.3, -0.25) is 4.79 Å². The summed E-state index contributed by atoms with van der Waals surface area (Å²) < 4.78 is 31.0. The predicted molar refractivity (Wildman–Crippen MR) is 150 cm³/mol. The molecule has 2 aliphatic rings. The third-order valence-electron chi connectivity index (χ3n) is 7.80. The van der Waals surface area contributed by atoms with Gasteiger partial charge in [-0.15, -0.1) is 0 Å². The summed E-state index contributed by atoms with van der Waals surface area (Å²) >= 11 is 1.89. The van der Waals surface area contributed by atoms with Gasteiger partial charge in [-0.2, -0.15) is 0 Å². The molecule has 7 heteroatoms. The van der Waals surface area contributed by atoms with E-state index < -0.39 is 0 Å². The van der Waals surface area contributed by atoms with E-state index in [1.54, 1.807) is 6.07 Å². The van der Waals surface area contributed by atoms with E-state index in [0.717, 1.165) is 56.6 Å². The second-order valence-electron chi connectivity index (χ2n) is 10.4. The van der Waals surface area contributed by atoms with Crippen molar-refractivity contribution in [3.05, 3.63) is 65.2 Å². The smallest absolute Gasteiger partial charge is 0.225 e. The average molecular weight is 530 g/mol. The van der Waals surface area contributed by atoms with Gasteiger partial charge in [0.15, 0.2) is 0 Å². The van der Waals surface area contributed by atoms with Crippen molar-refractivity contribution in [1.82, 2.24) is 9.62 Å². The summed E-state index contributed by atoms with van der Waals surface area (Å²) in [6.45, 7) is 5.05. The van der Waals surface area contributed by atoms with E-state index in [4.69, 9.17) is 0 Å². The van der Waals surface area contributed by atoms with Crippen molar-refractivity contribution >= 4 is 23.5 Å². The van der Waals surface area contributed by atoms with Crippen molar-refractivity contribution in [3.63, 3.8) is 0 Å². The fourth-order valence-corrected chi connectivity index (χ4v) is 6.84. The summed E-state index contributed by atoms with van der Waals surface area (Å²) in [5, 5.41) is 6.52. The van der Waals surface area contributed by atoms with E-state index in [0.29, 0.717) is 36.1 Å². The monoisotopic (exact) mass is 529 g/mol. The molecule has 2 fully saturated rings. The van der Waals surface area contributed by atoms with Crippen LogP contribution in [0.25, 0.3) is 0 Å². The van der Waals surface area contributed by atoms with Crippen molar-refractivity contribution in [1.29, 1.82) is 0 Å². The molecule has 2 aromatic rings. The fraction of sp³-hybridized carbons (Fsp3) is 0.567. The maximum absolute atomic E-state index is 15.0. The summed E-state index contributed by atoms with van der Waals surface area (Å²) in [4.78, 5) is 13.3. The summed E-state index contributed by atoms with van der Waals surface area (Å²) in [7, 11) is 0. The number of piperazine rings is 1. The Kier molecular flexibility index (Phi) is 10.8. The molecule has 4 nitrogen and oxygen atoms in total. The molecule has 2 N–H and O–H groups in total. The lowest BCUT2D eigenvalue weighted by Gasteiger charge is -2.35. The van der Waals surface area contributed by atoms with Crippen LogP contribution in [0.2, 0.25) is 0 Å². The number of hydrogen-bond acceptors (Lipinski definition) is 4. The lowest BCUT2D eigenvalue weighted by Crippen LogP contribution is -2.48. The van der Waals surface area contributed by atoms with Crippen LogP contribution in [0, 0.1) is 17.6 Å². The third kappa shape index (κ3) is 8.01. The highest BCUT2D eigenvalue weighted by Crippen LogP contribution is 2.38. The molecule has 0 spiro atoms. The first kappa shape index (κ1) is 28.1. The summed E-state index contributed by atoms with van der Waals surface area (Å²) in [5.41, 5.74) is 2.17. The van der Waals surface area contributed by atoms with Crippen molar-refractivity contribution in [2.45, 2.75) is 76.7 Å². The summed E-state index contributed by atoms with van der Waals surface area (Å²) in [6.07, 6.45) is 8.59. The summed E-state index contributed by atoms with van der Waals surface area (Å²) in [6, 6.07) is 11.9. The maximum Gasteiger partial charge on any atom is 0.225 e. The largest absolute Gasteiger partial charge is 0.326 e. The van der Waals surface area contributed by atoms with Crippen LogP contribution in [-0.2, 0) is 11.2 Å². The highest BCUT2D eigenvalue weighted by Gasteiger charge is 2.28. The molecule has 2 unspecified atom stereocenters. The first-order valence-corrected chi connectivity index (χ1v) is 14.9. The van der Waals surface area contributed by atoms with Gasteiger partial charge in [0.2, 0.25) is 5.91 Å². The minimum Gasteiger partial charge on any atom is -0.326 e. The number of nitrogens with zero attached hydrogens (tertiary/aromatic N) is 1. The predicted octanol–water partition coefficient (Wildman–Crippen LogP) is 6.92. The number of halogens is 2. The van der Waals surface area contributed by atoms with Crippen molar-refractivity contribution in [2.75, 3.05) is 30.7 Å². The molecular formula is C30H41F2N3OS. The van der Waals surface area contributed by atoms with Gasteiger partial charge in [0.1, 0.15) is 11.6 Å². The second-order valence-corrected chi connectivity index (χ2v) is 11.6. The molecule has 1 heterocycles. The first-order chi connectivity index (χ1) is 18.0. The Labute approximate surface area is 225 Å². The normalized spacial score (nSPS) is 20.0. The molecule has 0 aromatic heterocycles. The van der Waals surface area contributed by atoms with Crippen LogP contribution in [-0.4, -0.2) is 41.6 Å². The number of anilines is 1. The van der Waals surface area contributed by atoms with Gasteiger partial charge >= 0.3 is 0 Å². The Balaban J connectivity index is 1.44. The van der Waals surface area contributed by atoms with Gasteiger partial charge in [0.25, 0.3) is 0 Å². The molecule has 1 saturated carbocycles. The molecule has 2 aromatic carbocycles. The molecule has 0 bridgehead atoms. The van der Waals surface area contributed by atoms with Crippen LogP contribution >= 0.6 is 11.9 Å². The SMILES string of the molecule is CCCSN1CCNCC1CCc1c(F)cccc1NC(=O)CC(c1ccc(F)cc1)C1CCCCC1. The van der Waals surface area contributed by atoms with E-state index >= 15 is 0 Å². The van der Waals surface area contributed by atoms with E-state index in [2.05, 4.69) is 21.9 Å². The molecule has 37 heavy (non-hydrogen) atoms. The van der Waals surface area contributed by atoms with Crippen molar-refractivity contribution < 1.29 is 13.6 Å². The Hall–Kier alpha value is -1.96. The Morgan fingerprint density at radius 2 is 1.92 bits per heavy atom. The zero-order valence-corrected chi connectivity index (χ0v) is 22.8. The van der Waals surface area contributed by atoms with Crippen LogP contribution in [0.1, 0.15) is 75.3 Å². The van der Waals surface area contributed by atoms with Crippen LogP contribution < -0.4 is 10.6 Å². The van der Waals surface area contributed by atoms with E-state index in [1.165, 1.54) is 37.5 Å². The van der Waals surface area contributed by atoms with Gasteiger partial charge in [-0.1, -0.05) is 56.3 Å². The number of carbonyl (C=O) groups is 1. The number of benzene rings is 2. The van der Waals surface area contributed by atoms with Gasteiger partial charge in [0, 0.05) is 49.1 Å². The minimum atomic E-state index is -0.267. The zero-order valence-electron chi connectivity index (χ0n) is 22.0. The Morgan fingerprint density at radius 1 is 1.14 bits per heavy atom. The van der Waals surface area contributed by atoms with Crippen LogP contribution in [0.5, 0.6) is 0 Å². The second kappa shape index (κ2) is 14.3. The number of rotatable bonds is 11. The minimum absolute atomic E-state index is 0.0374. The van der Waals surface area contributed by atoms with Crippen LogP contribution in [0.3, 0.4) is 0 Å². The van der Waals surface area contributed by atoms with Crippen molar-refractivity contribution in [3.8, 4) is 0 Å². The molecule has 1 aliphatic carbocycles. The zero-order chi connectivity index (χ0) is 26.0. The highest BCUT2D eigenvalue weighted by molar-refractivity contribution is 7.97. The molecular weight excluding hydrogens is 488 g/mol. The maximum atomic E-state index is 15.0. The molecule has 1 amide bonds. The molecule has 0 radical (unpaired) electrons. The molecule has 1 saturated heterocycles. The fourth-order valence-electron chi connectivity index (χ4n) is 5.81. The van der Waals surface area contributed by atoms with Gasteiger partial charge in [-0.05, 0) is 73.8 Å². The number of amides is 1. The van der Waals surface area contributed by atoms with E-state index in [1.807, 2.05) is 30.1 Å². The number of carbonyl (C=O) groups excluding carboxylic acids is 1.